The molecule has 2 N–H and O–H groups in total. The van der Waals surface area contributed by atoms with Crippen LogP contribution in [0.2, 0.25) is 0 Å². The zero-order valence-electron chi connectivity index (χ0n) is 11.4. The fraction of sp³-hybridized carbons (Fsp3) is 0.571. The van der Waals surface area contributed by atoms with E-state index in [1.165, 1.54) is 0 Å². The van der Waals surface area contributed by atoms with Crippen molar-refractivity contribution in [2.24, 2.45) is 11.1 Å². The van der Waals surface area contributed by atoms with Crippen molar-refractivity contribution >= 4 is 0 Å². The SMILES string of the molecule is COc1ccccc1OC(C(C)N)C(C)(C)C. The van der Waals surface area contributed by atoms with Crippen molar-refractivity contribution in [1.82, 2.24) is 0 Å². The van der Waals surface area contributed by atoms with Gasteiger partial charge >= 0.3 is 0 Å². The van der Waals surface area contributed by atoms with Gasteiger partial charge in [0.25, 0.3) is 0 Å². The predicted octanol–water partition coefficient (Wildman–Crippen LogP) is 2.84. The minimum absolute atomic E-state index is 0.0188. The van der Waals surface area contributed by atoms with Crippen LogP contribution >= 0.6 is 0 Å². The fourth-order valence-corrected chi connectivity index (χ4v) is 1.93. The van der Waals surface area contributed by atoms with Gasteiger partial charge in [-0.05, 0) is 19.1 Å². The zero-order valence-corrected chi connectivity index (χ0v) is 11.4. The van der Waals surface area contributed by atoms with Crippen LogP contribution in [0.15, 0.2) is 24.3 Å². The smallest absolute Gasteiger partial charge is 0.161 e. The van der Waals surface area contributed by atoms with Crippen molar-refractivity contribution in [2.45, 2.75) is 39.8 Å². The van der Waals surface area contributed by atoms with Crippen LogP contribution in [0.25, 0.3) is 0 Å². The first-order valence-corrected chi connectivity index (χ1v) is 5.91. The average Bonchev–Trinajstić information content (AvgIpc) is 2.24. The Morgan fingerprint density at radius 3 is 2.06 bits per heavy atom. The summed E-state index contributed by atoms with van der Waals surface area (Å²) in [4.78, 5) is 0. The van der Waals surface area contributed by atoms with Gasteiger partial charge in [0.05, 0.1) is 7.11 Å². The summed E-state index contributed by atoms with van der Waals surface area (Å²) >= 11 is 0. The summed E-state index contributed by atoms with van der Waals surface area (Å²) in [6.07, 6.45) is -0.0567. The molecule has 0 bridgehead atoms. The van der Waals surface area contributed by atoms with Gasteiger partial charge in [-0.15, -0.1) is 0 Å². The lowest BCUT2D eigenvalue weighted by Gasteiger charge is -2.34. The van der Waals surface area contributed by atoms with Gasteiger partial charge in [0.2, 0.25) is 0 Å². The molecule has 0 amide bonds. The van der Waals surface area contributed by atoms with Gasteiger partial charge in [0.1, 0.15) is 6.10 Å². The molecule has 1 aromatic carbocycles. The third-order valence-corrected chi connectivity index (χ3v) is 2.65. The molecule has 0 spiro atoms. The van der Waals surface area contributed by atoms with Crippen LogP contribution in [-0.4, -0.2) is 19.3 Å². The maximum atomic E-state index is 6.01. The third kappa shape index (κ3) is 3.63. The van der Waals surface area contributed by atoms with E-state index < -0.39 is 0 Å². The number of hydrogen-bond donors (Lipinski definition) is 1. The molecule has 0 fully saturated rings. The minimum Gasteiger partial charge on any atom is -0.493 e. The molecule has 0 aliphatic heterocycles. The molecule has 3 nitrogen and oxygen atoms in total. The molecule has 1 aromatic rings. The number of nitrogens with two attached hydrogens (primary N) is 1. The second-order valence-electron chi connectivity index (χ2n) is 5.41. The van der Waals surface area contributed by atoms with E-state index in [0.717, 1.165) is 11.5 Å². The molecule has 2 unspecified atom stereocenters. The van der Waals surface area contributed by atoms with Crippen molar-refractivity contribution in [2.75, 3.05) is 7.11 Å². The normalized spacial score (nSPS) is 15.2. The van der Waals surface area contributed by atoms with E-state index in [0.29, 0.717) is 0 Å². The molecule has 0 aliphatic rings. The van der Waals surface area contributed by atoms with Crippen molar-refractivity contribution in [3.8, 4) is 11.5 Å². The van der Waals surface area contributed by atoms with E-state index in [-0.39, 0.29) is 17.6 Å². The maximum Gasteiger partial charge on any atom is 0.161 e. The van der Waals surface area contributed by atoms with Crippen LogP contribution in [0.1, 0.15) is 27.7 Å². The highest BCUT2D eigenvalue weighted by molar-refractivity contribution is 5.39. The van der Waals surface area contributed by atoms with Gasteiger partial charge in [-0.1, -0.05) is 32.9 Å². The highest BCUT2D eigenvalue weighted by Gasteiger charge is 2.30. The summed E-state index contributed by atoms with van der Waals surface area (Å²) in [7, 11) is 1.64. The Hall–Kier alpha value is -1.22. The molecule has 0 aromatic heterocycles. The number of rotatable bonds is 4. The first-order chi connectivity index (χ1) is 7.86. The third-order valence-electron chi connectivity index (χ3n) is 2.65. The van der Waals surface area contributed by atoms with E-state index in [1.807, 2.05) is 31.2 Å². The molecule has 0 saturated carbocycles. The van der Waals surface area contributed by atoms with Crippen molar-refractivity contribution in [3.05, 3.63) is 24.3 Å². The number of ether oxygens (including phenoxy) is 2. The largest absolute Gasteiger partial charge is 0.493 e. The first kappa shape index (κ1) is 13.8. The Bertz CT molecular complexity index is 355. The number of para-hydroxylation sites is 2. The van der Waals surface area contributed by atoms with E-state index in [4.69, 9.17) is 15.2 Å². The summed E-state index contributed by atoms with van der Waals surface area (Å²) in [5.41, 5.74) is 5.98. The van der Waals surface area contributed by atoms with E-state index in [2.05, 4.69) is 20.8 Å². The molecule has 17 heavy (non-hydrogen) atoms. The van der Waals surface area contributed by atoms with Gasteiger partial charge in [-0.2, -0.15) is 0 Å². The van der Waals surface area contributed by atoms with Crippen LogP contribution in [0.3, 0.4) is 0 Å². The second-order valence-corrected chi connectivity index (χ2v) is 5.41. The van der Waals surface area contributed by atoms with Crippen LogP contribution in [0.4, 0.5) is 0 Å². The highest BCUT2D eigenvalue weighted by atomic mass is 16.5. The molecule has 0 aliphatic carbocycles. The lowest BCUT2D eigenvalue weighted by Crippen LogP contribution is -2.45. The minimum atomic E-state index is -0.0567. The van der Waals surface area contributed by atoms with Crippen molar-refractivity contribution in [3.63, 3.8) is 0 Å². The zero-order chi connectivity index (χ0) is 13.1. The molecule has 96 valence electrons. The van der Waals surface area contributed by atoms with Crippen LogP contribution in [-0.2, 0) is 0 Å². The first-order valence-electron chi connectivity index (χ1n) is 5.91. The average molecular weight is 237 g/mol. The number of hydrogen-bond acceptors (Lipinski definition) is 3. The van der Waals surface area contributed by atoms with Gasteiger partial charge in [-0.3, -0.25) is 0 Å². The molecular weight excluding hydrogens is 214 g/mol. The maximum absolute atomic E-state index is 6.01. The standard InChI is InChI=1S/C14H23NO2/c1-10(15)13(14(2,3)4)17-12-9-7-6-8-11(12)16-5/h6-10,13H,15H2,1-5H3. The summed E-state index contributed by atoms with van der Waals surface area (Å²) in [5.74, 6) is 1.48. The van der Waals surface area contributed by atoms with Gasteiger partial charge < -0.3 is 15.2 Å². The Morgan fingerprint density at radius 2 is 1.65 bits per heavy atom. The Morgan fingerprint density at radius 1 is 1.12 bits per heavy atom. The Kier molecular flexibility index (Phi) is 4.40. The fourth-order valence-electron chi connectivity index (χ4n) is 1.93. The van der Waals surface area contributed by atoms with Crippen LogP contribution in [0, 0.1) is 5.41 Å². The Labute approximate surface area is 104 Å². The molecule has 3 heteroatoms. The monoisotopic (exact) mass is 237 g/mol. The van der Waals surface area contributed by atoms with E-state index >= 15 is 0 Å². The Balaban J connectivity index is 2.94. The van der Waals surface area contributed by atoms with Crippen molar-refractivity contribution < 1.29 is 9.47 Å². The van der Waals surface area contributed by atoms with Gasteiger partial charge in [0.15, 0.2) is 11.5 Å². The summed E-state index contributed by atoms with van der Waals surface area (Å²) in [6.45, 7) is 8.33. The van der Waals surface area contributed by atoms with Crippen LogP contribution < -0.4 is 15.2 Å². The summed E-state index contributed by atoms with van der Waals surface area (Å²) < 4.78 is 11.3. The highest BCUT2D eigenvalue weighted by Crippen LogP contribution is 2.32. The molecule has 0 saturated heterocycles. The molecular formula is C14H23NO2. The number of benzene rings is 1. The van der Waals surface area contributed by atoms with Gasteiger partial charge in [-0.25, -0.2) is 0 Å². The quantitative estimate of drug-likeness (QED) is 0.875. The molecule has 2 atom stereocenters. The summed E-state index contributed by atoms with van der Waals surface area (Å²) in [6, 6.07) is 7.60. The predicted molar refractivity (Wildman–Crippen MR) is 70.5 cm³/mol. The lowest BCUT2D eigenvalue weighted by atomic mass is 9.85. The summed E-state index contributed by atoms with van der Waals surface area (Å²) in [5, 5.41) is 0. The molecule has 1 rings (SSSR count). The lowest BCUT2D eigenvalue weighted by molar-refractivity contribution is 0.0658. The number of methoxy groups -OCH3 is 1. The van der Waals surface area contributed by atoms with Gasteiger partial charge in [0, 0.05) is 11.5 Å². The van der Waals surface area contributed by atoms with Crippen molar-refractivity contribution in [1.29, 1.82) is 0 Å². The molecule has 0 radical (unpaired) electrons. The van der Waals surface area contributed by atoms with E-state index in [9.17, 15) is 0 Å². The van der Waals surface area contributed by atoms with E-state index in [1.54, 1.807) is 7.11 Å². The molecule has 0 heterocycles. The van der Waals surface area contributed by atoms with Crippen LogP contribution in [0.5, 0.6) is 11.5 Å². The topological polar surface area (TPSA) is 44.5 Å². The second kappa shape index (κ2) is 5.41.